The summed E-state index contributed by atoms with van der Waals surface area (Å²) in [4.78, 5) is 91.7. The summed E-state index contributed by atoms with van der Waals surface area (Å²) in [7, 11) is 0. The Kier molecular flexibility index (Phi) is 3.75. The van der Waals surface area contributed by atoms with E-state index in [4.69, 9.17) is 9.47 Å². The molecule has 3 saturated heterocycles. The lowest BCUT2D eigenvalue weighted by Gasteiger charge is -2.36. The smallest absolute Gasteiger partial charge is 0.318 e. The Bertz CT molecular complexity index is 904. The molecule has 0 aromatic heterocycles. The first kappa shape index (κ1) is 19.4. The van der Waals surface area contributed by atoms with Gasteiger partial charge in [0.05, 0.1) is 41.9 Å². The van der Waals surface area contributed by atoms with E-state index < -0.39 is 83.2 Å². The van der Waals surface area contributed by atoms with Gasteiger partial charge in [-0.25, -0.2) is 0 Å². The van der Waals surface area contributed by atoms with Gasteiger partial charge in [-0.2, -0.15) is 0 Å². The maximum absolute atomic E-state index is 11.7. The Balaban J connectivity index is 0.000000126. The second-order valence-electron chi connectivity index (χ2n) is 9.49. The number of carbonyl (C=O) groups is 8. The summed E-state index contributed by atoms with van der Waals surface area (Å²) in [6, 6.07) is 0. The van der Waals surface area contributed by atoms with E-state index in [1.807, 2.05) is 0 Å². The molecule has 32 heavy (non-hydrogen) atoms. The van der Waals surface area contributed by atoms with Crippen molar-refractivity contribution >= 4 is 47.4 Å². The van der Waals surface area contributed by atoms with Crippen molar-refractivity contribution < 1.29 is 52.6 Å². The highest BCUT2D eigenvalue weighted by molar-refractivity contribution is 6.16. The van der Waals surface area contributed by atoms with Crippen molar-refractivity contribution in [1.82, 2.24) is 0 Å². The van der Waals surface area contributed by atoms with Crippen LogP contribution >= 0.6 is 0 Å². The normalized spacial score (nSPS) is 47.0. The predicted molar refractivity (Wildman–Crippen MR) is 92.1 cm³/mol. The number of hydrogen-bond acceptors (Lipinski definition) is 11. The minimum absolute atomic E-state index is 0.122. The number of rotatable bonds is 0. The quantitative estimate of drug-likeness (QED) is 0.190. The zero-order valence-electron chi connectivity index (χ0n) is 16.4. The third kappa shape index (κ3) is 2.25. The number of ether oxygens (including phenoxy) is 3. The van der Waals surface area contributed by atoms with Crippen LogP contribution in [0, 0.1) is 59.2 Å². The molecule has 8 unspecified atom stereocenters. The molecule has 0 aromatic carbocycles. The lowest BCUT2D eigenvalue weighted by molar-refractivity contribution is -0.174. The second kappa shape index (κ2) is 6.17. The van der Waals surface area contributed by atoms with Gasteiger partial charge in [-0.3, -0.25) is 38.4 Å². The zero-order valence-corrected chi connectivity index (χ0v) is 16.4. The molecule has 0 N–H and O–H groups in total. The number of cyclic esters (lactones) is 6. The van der Waals surface area contributed by atoms with Crippen LogP contribution in [0.15, 0.2) is 0 Å². The maximum Gasteiger partial charge on any atom is 0.318 e. The Morgan fingerprint density at radius 1 is 0.438 bits per heavy atom. The van der Waals surface area contributed by atoms with Crippen molar-refractivity contribution in [2.24, 2.45) is 59.2 Å². The first-order valence-electron chi connectivity index (χ1n) is 10.5. The van der Waals surface area contributed by atoms with Crippen LogP contribution in [0.3, 0.4) is 0 Å². The van der Waals surface area contributed by atoms with Gasteiger partial charge in [0, 0.05) is 11.8 Å². The SMILES string of the molecule is O=C1CC(=O)C2C1C1C(=O)OC(=O)C21.O=C1OC(=O)C2CC1C1C3CC(C(=O)OC3=O)C21. The molecule has 11 nitrogen and oxygen atoms in total. The number of hydrogen-bond donors (Lipinski definition) is 0. The van der Waals surface area contributed by atoms with Crippen LogP contribution in [0.2, 0.25) is 0 Å². The minimum atomic E-state index is -0.661. The molecule has 0 aromatic rings. The van der Waals surface area contributed by atoms with Crippen LogP contribution in [-0.4, -0.2) is 47.4 Å². The summed E-state index contributed by atoms with van der Waals surface area (Å²) in [6.45, 7) is 0. The highest BCUT2D eigenvalue weighted by Gasteiger charge is 2.70. The van der Waals surface area contributed by atoms with Gasteiger partial charge in [-0.05, 0) is 24.7 Å². The second-order valence-corrected chi connectivity index (χ2v) is 9.49. The Hall–Kier alpha value is -3.24. The Morgan fingerprint density at radius 2 is 0.750 bits per heavy atom. The third-order valence-electron chi connectivity index (χ3n) is 8.32. The van der Waals surface area contributed by atoms with Crippen LogP contribution in [0.1, 0.15) is 19.3 Å². The van der Waals surface area contributed by atoms with Gasteiger partial charge in [0.25, 0.3) is 0 Å². The fourth-order valence-electron chi connectivity index (χ4n) is 7.10. The summed E-state index contributed by atoms with van der Waals surface area (Å²) >= 11 is 0. The molecule has 0 spiro atoms. The summed E-state index contributed by atoms with van der Waals surface area (Å²) < 4.78 is 13.8. The lowest BCUT2D eigenvalue weighted by Crippen LogP contribution is -2.50. The first-order chi connectivity index (χ1) is 15.2. The van der Waals surface area contributed by atoms with Crippen LogP contribution in [-0.2, 0) is 52.6 Å². The van der Waals surface area contributed by atoms with Gasteiger partial charge >= 0.3 is 35.8 Å². The number of carbonyl (C=O) groups excluding carboxylic acids is 8. The van der Waals surface area contributed by atoms with E-state index in [-0.39, 0.29) is 29.8 Å². The van der Waals surface area contributed by atoms with Crippen LogP contribution in [0.4, 0.5) is 0 Å². The largest absolute Gasteiger partial charge is 0.393 e. The van der Waals surface area contributed by atoms with Gasteiger partial charge in [0.2, 0.25) is 0 Å². The highest BCUT2D eigenvalue weighted by atomic mass is 16.6. The topological polar surface area (TPSA) is 164 Å². The molecule has 166 valence electrons. The van der Waals surface area contributed by atoms with Gasteiger partial charge < -0.3 is 14.2 Å². The van der Waals surface area contributed by atoms with Crippen LogP contribution < -0.4 is 0 Å². The molecule has 0 radical (unpaired) electrons. The predicted octanol–water partition coefficient (Wildman–Crippen LogP) is -1.25. The monoisotopic (exact) mass is 444 g/mol. The Labute approximate surface area is 179 Å². The molecule has 4 saturated carbocycles. The Morgan fingerprint density at radius 3 is 1.09 bits per heavy atom. The summed E-state index contributed by atoms with van der Waals surface area (Å²) in [5, 5.41) is 0. The molecule has 3 aliphatic heterocycles. The van der Waals surface area contributed by atoms with Gasteiger partial charge in [-0.15, -0.1) is 0 Å². The molecular formula is C21H16O11. The number of esters is 6. The van der Waals surface area contributed by atoms with Crippen molar-refractivity contribution in [3.05, 3.63) is 0 Å². The standard InChI is InChI=1S/C12H10O6.C9H6O5/c13-9-3-1-4(10(14)17-9)8-6-2-5(7(3)8)11(15)18-12(6)16;10-2-1-3(11)5-4(2)6-7(5)9(13)14-8(6)12/h3-8H,1-2H2;4-7H,1H2. The molecule has 0 amide bonds. The summed E-state index contributed by atoms with van der Waals surface area (Å²) in [6.07, 6.45) is 0.712. The van der Waals surface area contributed by atoms with E-state index >= 15 is 0 Å². The molecule has 4 bridgehead atoms. The number of fused-ring (bicyclic) bond motifs is 13. The van der Waals surface area contributed by atoms with Crippen molar-refractivity contribution in [3.63, 3.8) is 0 Å². The van der Waals surface area contributed by atoms with Gasteiger partial charge in [0.1, 0.15) is 11.6 Å². The van der Waals surface area contributed by atoms with E-state index in [0.29, 0.717) is 12.8 Å². The van der Waals surface area contributed by atoms with Gasteiger partial charge in [0.15, 0.2) is 0 Å². The first-order valence-corrected chi connectivity index (χ1v) is 10.5. The number of Topliss-reactive ketones (excluding diaryl/α,β-unsaturated/α-hetero) is 2. The third-order valence-corrected chi connectivity index (χ3v) is 8.32. The average Bonchev–Trinajstić information content (AvgIpc) is 3.32. The number of ketones is 2. The molecule has 4 aliphatic carbocycles. The van der Waals surface area contributed by atoms with Crippen LogP contribution in [0.25, 0.3) is 0 Å². The highest BCUT2D eigenvalue weighted by Crippen LogP contribution is 2.60. The van der Waals surface area contributed by atoms with Crippen molar-refractivity contribution in [2.45, 2.75) is 19.3 Å². The van der Waals surface area contributed by atoms with Crippen molar-refractivity contribution in [3.8, 4) is 0 Å². The maximum atomic E-state index is 11.7. The minimum Gasteiger partial charge on any atom is -0.393 e. The van der Waals surface area contributed by atoms with Gasteiger partial charge in [-0.1, -0.05) is 0 Å². The van der Waals surface area contributed by atoms with E-state index in [1.54, 1.807) is 0 Å². The fourth-order valence-corrected chi connectivity index (χ4v) is 7.10. The van der Waals surface area contributed by atoms with Crippen molar-refractivity contribution in [1.29, 1.82) is 0 Å². The molecule has 8 atom stereocenters. The van der Waals surface area contributed by atoms with E-state index in [1.165, 1.54) is 0 Å². The molecule has 7 fully saturated rings. The lowest BCUT2D eigenvalue weighted by atomic mass is 9.59. The van der Waals surface area contributed by atoms with Crippen molar-refractivity contribution in [2.75, 3.05) is 0 Å². The average molecular weight is 444 g/mol. The summed E-state index contributed by atoms with van der Waals surface area (Å²) in [5.41, 5.74) is 0. The van der Waals surface area contributed by atoms with E-state index in [0.717, 1.165) is 0 Å². The zero-order chi connectivity index (χ0) is 22.6. The molecular weight excluding hydrogens is 428 g/mol. The molecule has 11 heteroatoms. The summed E-state index contributed by atoms with van der Waals surface area (Å²) in [5.74, 6) is -8.53. The van der Waals surface area contributed by atoms with Crippen LogP contribution in [0.5, 0.6) is 0 Å². The molecule has 3 heterocycles. The van der Waals surface area contributed by atoms with E-state index in [9.17, 15) is 38.4 Å². The fraction of sp³-hybridized carbons (Fsp3) is 0.619. The molecule has 7 rings (SSSR count). The van der Waals surface area contributed by atoms with E-state index in [2.05, 4.69) is 4.74 Å². The molecule has 7 aliphatic rings.